The van der Waals surface area contributed by atoms with Gasteiger partial charge in [0.2, 0.25) is 0 Å². The van der Waals surface area contributed by atoms with Gasteiger partial charge >= 0.3 is 10.3 Å². The summed E-state index contributed by atoms with van der Waals surface area (Å²) in [7, 11) is -4.59. The topological polar surface area (TPSA) is 66.8 Å². The number of thioether (sulfide) groups is 1. The fraction of sp³-hybridized carbons (Fsp3) is 0.226. The maximum absolute atomic E-state index is 14.1. The Morgan fingerprint density at radius 3 is 1.78 bits per heavy atom. The Morgan fingerprint density at radius 1 is 0.805 bits per heavy atom. The van der Waals surface area contributed by atoms with Gasteiger partial charge in [-0.3, -0.25) is 4.55 Å². The summed E-state index contributed by atoms with van der Waals surface area (Å²) in [5, 5.41) is -0.272. The zero-order valence-corrected chi connectivity index (χ0v) is 23.5. The van der Waals surface area contributed by atoms with Crippen molar-refractivity contribution in [3.63, 3.8) is 0 Å². The van der Waals surface area contributed by atoms with Crippen LogP contribution >= 0.6 is 11.8 Å². The molecule has 214 valence electrons. The highest BCUT2D eigenvalue weighted by molar-refractivity contribution is 8.01. The van der Waals surface area contributed by atoms with Gasteiger partial charge in [0.05, 0.1) is 24.0 Å². The second kappa shape index (κ2) is 12.4. The molecule has 0 aromatic heterocycles. The van der Waals surface area contributed by atoms with Crippen molar-refractivity contribution in [3.8, 4) is 0 Å². The smallest absolute Gasteiger partial charge is 0.336 e. The van der Waals surface area contributed by atoms with Gasteiger partial charge < -0.3 is 4.74 Å². The number of halogens is 3. The Balaban J connectivity index is 1.45. The summed E-state index contributed by atoms with van der Waals surface area (Å²) < 4.78 is 81.7. The maximum Gasteiger partial charge on any atom is 0.336 e. The van der Waals surface area contributed by atoms with Crippen LogP contribution in [-0.2, 0) is 26.4 Å². The lowest BCUT2D eigenvalue weighted by atomic mass is 9.84. The molecule has 1 N–H and O–H groups in total. The van der Waals surface area contributed by atoms with E-state index in [-0.39, 0.29) is 24.0 Å². The van der Waals surface area contributed by atoms with Crippen LogP contribution in [0.2, 0.25) is 0 Å². The molecule has 5 rings (SSSR count). The highest BCUT2D eigenvalue weighted by atomic mass is 32.2. The van der Waals surface area contributed by atoms with E-state index in [1.54, 1.807) is 11.8 Å². The van der Waals surface area contributed by atoms with E-state index in [0.29, 0.717) is 18.6 Å². The van der Waals surface area contributed by atoms with Crippen LogP contribution in [0.4, 0.5) is 13.2 Å². The largest absolute Gasteiger partial charge is 0.375 e. The predicted octanol–water partition coefficient (Wildman–Crippen LogP) is 6.59. The van der Waals surface area contributed by atoms with Gasteiger partial charge in [0.15, 0.2) is 11.6 Å². The minimum atomic E-state index is -4.59. The molecule has 0 aliphatic carbocycles. The lowest BCUT2D eigenvalue weighted by molar-refractivity contribution is 0.0833. The first-order chi connectivity index (χ1) is 19.7. The third-order valence-corrected chi connectivity index (χ3v) is 9.94. The molecule has 1 saturated heterocycles. The Morgan fingerprint density at radius 2 is 1.29 bits per heavy atom. The molecule has 5 nitrogen and oxygen atoms in total. The van der Waals surface area contributed by atoms with Crippen molar-refractivity contribution >= 4 is 22.1 Å². The summed E-state index contributed by atoms with van der Waals surface area (Å²) >= 11 is 1.59. The molecule has 0 amide bonds. The fourth-order valence-electron chi connectivity index (χ4n) is 5.32. The normalized spacial score (nSPS) is 18.0. The van der Waals surface area contributed by atoms with Crippen LogP contribution in [0.5, 0.6) is 0 Å². The number of ether oxygens (including phenoxy) is 1. The van der Waals surface area contributed by atoms with Crippen LogP contribution in [0, 0.1) is 17.5 Å². The molecular formula is C31H28F3NO4S2. The average Bonchev–Trinajstić information content (AvgIpc) is 3.39. The molecule has 0 spiro atoms. The van der Waals surface area contributed by atoms with Gasteiger partial charge in [-0.05, 0) is 29.2 Å². The quantitative estimate of drug-likeness (QED) is 0.127. The van der Waals surface area contributed by atoms with E-state index < -0.39 is 45.2 Å². The third kappa shape index (κ3) is 6.37. The first-order valence-corrected chi connectivity index (χ1v) is 15.3. The van der Waals surface area contributed by atoms with Crippen molar-refractivity contribution in [2.45, 2.75) is 29.1 Å². The highest BCUT2D eigenvalue weighted by Gasteiger charge is 2.45. The molecule has 1 fully saturated rings. The summed E-state index contributed by atoms with van der Waals surface area (Å²) in [6, 6.07) is 30.2. The van der Waals surface area contributed by atoms with Gasteiger partial charge in [0, 0.05) is 23.4 Å². The fourth-order valence-corrected chi connectivity index (χ4v) is 8.17. The Kier molecular flexibility index (Phi) is 8.86. The maximum atomic E-state index is 14.1. The first kappa shape index (κ1) is 29.3. The molecule has 4 aromatic carbocycles. The van der Waals surface area contributed by atoms with E-state index in [2.05, 4.69) is 0 Å². The molecule has 1 aliphatic heterocycles. The van der Waals surface area contributed by atoms with E-state index in [9.17, 15) is 26.1 Å². The van der Waals surface area contributed by atoms with Crippen LogP contribution in [0.25, 0.3) is 0 Å². The van der Waals surface area contributed by atoms with Gasteiger partial charge in [-0.15, -0.1) is 11.8 Å². The van der Waals surface area contributed by atoms with E-state index >= 15 is 0 Å². The molecular weight excluding hydrogens is 571 g/mol. The molecule has 1 heterocycles. The van der Waals surface area contributed by atoms with Crippen molar-refractivity contribution in [2.75, 3.05) is 13.2 Å². The summed E-state index contributed by atoms with van der Waals surface area (Å²) in [6.45, 7) is -0.547. The Hall–Kier alpha value is -3.15. The Labute approximate surface area is 241 Å². The standard InChI is InChI=1S/C31H28F3NO4S2/c32-28-18-30(34)29(33)16-22(28)20-39-21-26-17-27(19-35(26)41(36,37)38)40-31(23-10-4-1-5-11-23,24-12-6-2-7-13-24)25-14-8-3-9-15-25/h1-16,18,26-27H,17,19-21H2,(H,36,37,38)/t26-,27+/m0/s1. The molecule has 41 heavy (non-hydrogen) atoms. The molecule has 0 unspecified atom stereocenters. The van der Waals surface area contributed by atoms with Gasteiger partial charge in [0.1, 0.15) is 5.82 Å². The lowest BCUT2D eigenvalue weighted by Crippen LogP contribution is -2.38. The first-order valence-electron chi connectivity index (χ1n) is 13.0. The number of hydrogen-bond donors (Lipinski definition) is 1. The van der Waals surface area contributed by atoms with E-state index in [0.717, 1.165) is 21.0 Å². The van der Waals surface area contributed by atoms with E-state index in [1.807, 2.05) is 91.0 Å². The second-order valence-electron chi connectivity index (χ2n) is 9.83. The summed E-state index contributed by atoms with van der Waals surface area (Å²) in [4.78, 5) is 0. The molecule has 0 saturated carbocycles. The molecule has 0 bridgehead atoms. The monoisotopic (exact) mass is 599 g/mol. The summed E-state index contributed by atoms with van der Waals surface area (Å²) in [5.41, 5.74) is 2.83. The van der Waals surface area contributed by atoms with Gasteiger partial charge in [-0.1, -0.05) is 91.0 Å². The molecule has 0 radical (unpaired) electrons. The Bertz CT molecular complexity index is 1480. The van der Waals surface area contributed by atoms with E-state index in [1.165, 1.54) is 0 Å². The number of hydrogen-bond acceptors (Lipinski definition) is 4. The lowest BCUT2D eigenvalue weighted by Gasteiger charge is -2.37. The van der Waals surface area contributed by atoms with Crippen molar-refractivity contribution in [2.24, 2.45) is 0 Å². The van der Waals surface area contributed by atoms with Gasteiger partial charge in [-0.25, -0.2) is 13.2 Å². The van der Waals surface area contributed by atoms with Crippen LogP contribution < -0.4 is 0 Å². The van der Waals surface area contributed by atoms with Gasteiger partial charge in [0.25, 0.3) is 0 Å². The van der Waals surface area contributed by atoms with E-state index in [4.69, 9.17) is 4.74 Å². The molecule has 1 aliphatic rings. The van der Waals surface area contributed by atoms with Crippen molar-refractivity contribution in [1.29, 1.82) is 0 Å². The SMILES string of the molecule is O=S(=O)(O)N1C[C@H](SC(c2ccccc2)(c2ccccc2)c2ccccc2)C[C@H]1COCc1cc(F)c(F)cc1F. The third-order valence-electron chi connectivity index (χ3n) is 7.16. The molecule has 10 heteroatoms. The molecule has 2 atom stereocenters. The summed E-state index contributed by atoms with van der Waals surface area (Å²) in [5.74, 6) is -3.48. The van der Waals surface area contributed by atoms with Crippen LogP contribution in [0.1, 0.15) is 28.7 Å². The van der Waals surface area contributed by atoms with Crippen molar-refractivity contribution < 1.29 is 30.9 Å². The van der Waals surface area contributed by atoms with Gasteiger partial charge in [-0.2, -0.15) is 12.7 Å². The minimum Gasteiger partial charge on any atom is -0.375 e. The number of nitrogens with zero attached hydrogens (tertiary/aromatic N) is 1. The van der Waals surface area contributed by atoms with Crippen LogP contribution in [-0.4, -0.2) is 41.7 Å². The number of benzene rings is 4. The molecule has 4 aromatic rings. The van der Waals surface area contributed by atoms with Crippen molar-refractivity contribution in [1.82, 2.24) is 4.31 Å². The summed E-state index contributed by atoms with van der Waals surface area (Å²) in [6.07, 6.45) is 0.332. The second-order valence-corrected chi connectivity index (χ2v) is 12.7. The zero-order valence-electron chi connectivity index (χ0n) is 21.9. The van der Waals surface area contributed by atoms with Crippen molar-refractivity contribution in [3.05, 3.63) is 143 Å². The minimum absolute atomic E-state index is 0.0192. The van der Waals surface area contributed by atoms with Crippen LogP contribution in [0.3, 0.4) is 0 Å². The zero-order chi connectivity index (χ0) is 29.0. The van der Waals surface area contributed by atoms with Crippen LogP contribution in [0.15, 0.2) is 103 Å². The predicted molar refractivity (Wildman–Crippen MR) is 153 cm³/mol. The average molecular weight is 600 g/mol. The number of rotatable bonds is 10. The highest BCUT2D eigenvalue weighted by Crippen LogP contribution is 2.52.